The molecule has 1 aliphatic heterocycles. The molecule has 1 aromatic heterocycles. The highest BCUT2D eigenvalue weighted by Gasteiger charge is 2.16. The third-order valence-corrected chi connectivity index (χ3v) is 3.37. The second-order valence-corrected chi connectivity index (χ2v) is 5.00. The Morgan fingerprint density at radius 1 is 1.58 bits per heavy atom. The van der Waals surface area contributed by atoms with Crippen LogP contribution in [-0.4, -0.2) is 60.0 Å². The summed E-state index contributed by atoms with van der Waals surface area (Å²) in [4.78, 5) is 14.2. The normalized spacial score (nSPS) is 18.2. The Hall–Kier alpha value is -1.11. The molecule has 1 aliphatic rings. The molecule has 2 rings (SSSR count). The molecule has 19 heavy (non-hydrogen) atoms. The first-order valence-electron chi connectivity index (χ1n) is 6.44. The Balaban J connectivity index is 1.71. The van der Waals surface area contributed by atoms with Crippen LogP contribution >= 0.6 is 11.6 Å². The van der Waals surface area contributed by atoms with E-state index in [2.05, 4.69) is 15.3 Å². The van der Waals surface area contributed by atoms with Crippen molar-refractivity contribution >= 4 is 17.5 Å². The number of hydrogen-bond donors (Lipinski definition) is 1. The van der Waals surface area contributed by atoms with Crippen molar-refractivity contribution in [3.05, 3.63) is 17.4 Å². The van der Waals surface area contributed by atoms with Crippen LogP contribution < -0.4 is 5.32 Å². The maximum absolute atomic E-state index is 11.9. The fourth-order valence-corrected chi connectivity index (χ4v) is 2.10. The van der Waals surface area contributed by atoms with Crippen LogP contribution in [-0.2, 0) is 9.53 Å². The lowest BCUT2D eigenvalue weighted by Gasteiger charge is -2.26. The number of amides is 1. The monoisotopic (exact) mass is 286 g/mol. The van der Waals surface area contributed by atoms with Gasteiger partial charge in [-0.2, -0.15) is 5.10 Å². The van der Waals surface area contributed by atoms with E-state index in [0.29, 0.717) is 11.6 Å². The summed E-state index contributed by atoms with van der Waals surface area (Å²) in [6.07, 6.45) is 3.17. The molecule has 7 heteroatoms. The molecular formula is C12H19ClN4O2. The number of nitrogens with zero attached hydrogens (tertiary/aromatic N) is 3. The van der Waals surface area contributed by atoms with Gasteiger partial charge in [0.2, 0.25) is 5.91 Å². The molecule has 0 spiro atoms. The van der Waals surface area contributed by atoms with Crippen LogP contribution in [0, 0.1) is 0 Å². The Labute approximate surface area is 117 Å². The predicted octanol–water partition coefficient (Wildman–Crippen LogP) is 0.546. The maximum atomic E-state index is 11.9. The van der Waals surface area contributed by atoms with E-state index in [0.717, 1.165) is 32.8 Å². The fraction of sp³-hybridized carbons (Fsp3) is 0.667. The van der Waals surface area contributed by atoms with Crippen molar-refractivity contribution in [2.75, 3.05) is 39.4 Å². The van der Waals surface area contributed by atoms with Crippen molar-refractivity contribution in [2.45, 2.75) is 13.0 Å². The zero-order valence-electron chi connectivity index (χ0n) is 11.0. The van der Waals surface area contributed by atoms with E-state index < -0.39 is 0 Å². The van der Waals surface area contributed by atoms with Gasteiger partial charge in [-0.15, -0.1) is 0 Å². The minimum Gasteiger partial charge on any atom is -0.379 e. The number of nitrogens with one attached hydrogen (secondary N) is 1. The molecule has 0 saturated carbocycles. The molecule has 1 aromatic rings. The van der Waals surface area contributed by atoms with Crippen molar-refractivity contribution in [2.24, 2.45) is 0 Å². The van der Waals surface area contributed by atoms with Crippen LogP contribution in [0.4, 0.5) is 0 Å². The van der Waals surface area contributed by atoms with Crippen LogP contribution in [0.3, 0.4) is 0 Å². The SMILES string of the molecule is CC(C(=O)NCCN1CCOCC1)n1cc(Cl)cn1. The highest BCUT2D eigenvalue weighted by atomic mass is 35.5. The standard InChI is InChI=1S/C12H19ClN4O2/c1-10(17-9-11(13)8-15-17)12(18)14-2-3-16-4-6-19-7-5-16/h8-10H,2-7H2,1H3,(H,14,18). The molecule has 0 aromatic carbocycles. The zero-order valence-corrected chi connectivity index (χ0v) is 11.8. The molecule has 0 bridgehead atoms. The van der Waals surface area contributed by atoms with E-state index in [-0.39, 0.29) is 11.9 Å². The molecule has 106 valence electrons. The Bertz CT molecular complexity index is 418. The number of morpholine rings is 1. The largest absolute Gasteiger partial charge is 0.379 e. The van der Waals surface area contributed by atoms with Gasteiger partial charge >= 0.3 is 0 Å². The molecule has 1 atom stereocenters. The second kappa shape index (κ2) is 6.88. The number of aromatic nitrogens is 2. The molecule has 2 heterocycles. The van der Waals surface area contributed by atoms with Crippen LogP contribution in [0.15, 0.2) is 12.4 Å². The van der Waals surface area contributed by atoms with E-state index in [1.165, 1.54) is 6.20 Å². The minimum absolute atomic E-state index is 0.0481. The van der Waals surface area contributed by atoms with E-state index in [1.807, 2.05) is 0 Å². The van der Waals surface area contributed by atoms with Crippen LogP contribution in [0.2, 0.25) is 5.02 Å². The molecule has 1 N–H and O–H groups in total. The summed E-state index contributed by atoms with van der Waals surface area (Å²) >= 11 is 5.78. The lowest BCUT2D eigenvalue weighted by atomic mass is 10.3. The van der Waals surface area contributed by atoms with Crippen molar-refractivity contribution in [1.29, 1.82) is 0 Å². The maximum Gasteiger partial charge on any atom is 0.244 e. The van der Waals surface area contributed by atoms with Gasteiger partial charge in [0.1, 0.15) is 6.04 Å². The number of carbonyl (C=O) groups excluding carboxylic acids is 1. The number of rotatable bonds is 5. The number of hydrogen-bond acceptors (Lipinski definition) is 4. The lowest BCUT2D eigenvalue weighted by molar-refractivity contribution is -0.124. The second-order valence-electron chi connectivity index (χ2n) is 4.56. The summed E-state index contributed by atoms with van der Waals surface area (Å²) < 4.78 is 6.83. The first kappa shape index (κ1) is 14.3. The van der Waals surface area contributed by atoms with Crippen molar-refractivity contribution < 1.29 is 9.53 Å². The smallest absolute Gasteiger partial charge is 0.244 e. The lowest BCUT2D eigenvalue weighted by Crippen LogP contribution is -2.42. The summed E-state index contributed by atoms with van der Waals surface area (Å²) in [6.45, 7) is 6.69. The molecule has 0 radical (unpaired) electrons. The average Bonchev–Trinajstić information content (AvgIpc) is 2.85. The third kappa shape index (κ3) is 4.19. The predicted molar refractivity (Wildman–Crippen MR) is 72.2 cm³/mol. The third-order valence-electron chi connectivity index (χ3n) is 3.18. The van der Waals surface area contributed by atoms with Crippen molar-refractivity contribution in [3.63, 3.8) is 0 Å². The molecule has 1 amide bonds. The first-order chi connectivity index (χ1) is 9.16. The number of carbonyl (C=O) groups is 1. The summed E-state index contributed by atoms with van der Waals surface area (Å²) in [5.41, 5.74) is 0. The van der Waals surface area contributed by atoms with Gasteiger partial charge in [0.05, 0.1) is 24.4 Å². The number of halogens is 1. The fourth-order valence-electron chi connectivity index (χ4n) is 1.96. The van der Waals surface area contributed by atoms with Crippen LogP contribution in [0.5, 0.6) is 0 Å². The van der Waals surface area contributed by atoms with Crippen molar-refractivity contribution in [1.82, 2.24) is 20.0 Å². The highest BCUT2D eigenvalue weighted by molar-refractivity contribution is 6.30. The van der Waals surface area contributed by atoms with E-state index >= 15 is 0 Å². The summed E-state index contributed by atoms with van der Waals surface area (Å²) in [6, 6.07) is -0.350. The van der Waals surface area contributed by atoms with E-state index in [9.17, 15) is 4.79 Å². The quantitative estimate of drug-likeness (QED) is 0.859. The highest BCUT2D eigenvalue weighted by Crippen LogP contribution is 2.10. The van der Waals surface area contributed by atoms with Gasteiger partial charge in [0, 0.05) is 32.4 Å². The number of ether oxygens (including phenoxy) is 1. The Morgan fingerprint density at radius 2 is 2.32 bits per heavy atom. The summed E-state index contributed by atoms with van der Waals surface area (Å²) in [5, 5.41) is 7.48. The molecule has 0 aliphatic carbocycles. The zero-order chi connectivity index (χ0) is 13.7. The molecule has 1 fully saturated rings. The average molecular weight is 287 g/mol. The first-order valence-corrected chi connectivity index (χ1v) is 6.82. The van der Waals surface area contributed by atoms with Gasteiger partial charge in [-0.3, -0.25) is 14.4 Å². The van der Waals surface area contributed by atoms with Crippen LogP contribution in [0.25, 0.3) is 0 Å². The Kier molecular flexibility index (Phi) is 5.18. The summed E-state index contributed by atoms with van der Waals surface area (Å²) in [5.74, 6) is -0.0481. The molecular weight excluding hydrogens is 268 g/mol. The van der Waals surface area contributed by atoms with Crippen molar-refractivity contribution in [3.8, 4) is 0 Å². The summed E-state index contributed by atoms with van der Waals surface area (Å²) in [7, 11) is 0. The van der Waals surface area contributed by atoms with Gasteiger partial charge in [-0.25, -0.2) is 0 Å². The Morgan fingerprint density at radius 3 is 2.95 bits per heavy atom. The van der Waals surface area contributed by atoms with Gasteiger partial charge in [-0.1, -0.05) is 11.6 Å². The minimum atomic E-state index is -0.350. The van der Waals surface area contributed by atoms with Gasteiger partial charge in [-0.05, 0) is 6.92 Å². The van der Waals surface area contributed by atoms with E-state index in [1.54, 1.807) is 17.8 Å². The topological polar surface area (TPSA) is 59.4 Å². The van der Waals surface area contributed by atoms with Gasteiger partial charge < -0.3 is 10.1 Å². The molecule has 1 unspecified atom stereocenters. The van der Waals surface area contributed by atoms with Crippen LogP contribution in [0.1, 0.15) is 13.0 Å². The molecule has 1 saturated heterocycles. The molecule has 6 nitrogen and oxygen atoms in total. The van der Waals surface area contributed by atoms with Gasteiger partial charge in [0.25, 0.3) is 0 Å². The van der Waals surface area contributed by atoms with E-state index in [4.69, 9.17) is 16.3 Å². The van der Waals surface area contributed by atoms with Gasteiger partial charge in [0.15, 0.2) is 0 Å².